The van der Waals surface area contributed by atoms with E-state index in [1.165, 1.54) is 9.31 Å². The summed E-state index contributed by atoms with van der Waals surface area (Å²) >= 11 is 4.92. The zero-order chi connectivity index (χ0) is 21.0. The Bertz CT molecular complexity index is 1040. The Labute approximate surface area is 175 Å². The fourth-order valence-corrected chi connectivity index (χ4v) is 5.15. The van der Waals surface area contributed by atoms with E-state index in [2.05, 4.69) is 17.0 Å². The molecule has 1 saturated heterocycles. The molecule has 1 unspecified atom stereocenters. The van der Waals surface area contributed by atoms with E-state index in [-0.39, 0.29) is 29.0 Å². The second kappa shape index (κ2) is 8.85. The molecule has 1 fully saturated rings. The lowest BCUT2D eigenvalue weighted by atomic mass is 9.99. The molecule has 29 heavy (non-hydrogen) atoms. The van der Waals surface area contributed by atoms with Gasteiger partial charge in [-0.25, -0.2) is 8.42 Å². The smallest absolute Gasteiger partial charge is 0.245 e. The topological polar surface area (TPSA) is 109 Å². The molecule has 10 heteroatoms. The Hall–Kier alpha value is -2.56. The number of nitrogens with one attached hydrogen (secondary N) is 1. The molecule has 3 N–H and O–H groups in total. The molecule has 1 aromatic carbocycles. The Kier molecular flexibility index (Phi) is 6.46. The van der Waals surface area contributed by atoms with Crippen molar-refractivity contribution in [2.75, 3.05) is 19.6 Å². The first kappa shape index (κ1) is 21.2. The molecule has 8 nitrogen and oxygen atoms in total. The van der Waals surface area contributed by atoms with Gasteiger partial charge in [0.2, 0.25) is 15.9 Å². The number of thiocarbonyl (C=S) groups is 1. The Balaban J connectivity index is 1.81. The van der Waals surface area contributed by atoms with Crippen LogP contribution in [-0.2, 0) is 14.8 Å². The Morgan fingerprint density at radius 2 is 2.17 bits per heavy atom. The fraction of sp³-hybridized carbons (Fsp3) is 0.316. The maximum Gasteiger partial charge on any atom is 0.245 e. The molecular weight excluding hydrogens is 410 g/mol. The van der Waals surface area contributed by atoms with Crippen molar-refractivity contribution >= 4 is 44.2 Å². The normalized spacial score (nSPS) is 17.6. The second-order valence-corrected chi connectivity index (χ2v) is 9.07. The number of pyridine rings is 1. The van der Waals surface area contributed by atoms with Crippen molar-refractivity contribution < 1.29 is 13.2 Å². The SMILES string of the molecule is C=CCN(NC(=O)C1CCCN(S(=O)(=O)c2cccc3cccnc23)C1)C(N)=S. The molecule has 1 aliphatic rings. The number of rotatable bonds is 5. The van der Waals surface area contributed by atoms with Crippen molar-refractivity contribution in [2.24, 2.45) is 11.7 Å². The number of nitrogens with zero attached hydrogens (tertiary/aromatic N) is 3. The van der Waals surface area contributed by atoms with E-state index in [1.54, 1.807) is 30.5 Å². The lowest BCUT2D eigenvalue weighted by molar-refractivity contribution is -0.129. The van der Waals surface area contributed by atoms with E-state index in [9.17, 15) is 13.2 Å². The van der Waals surface area contributed by atoms with E-state index in [1.807, 2.05) is 12.1 Å². The minimum Gasteiger partial charge on any atom is -0.375 e. The largest absolute Gasteiger partial charge is 0.375 e. The molecule has 0 bridgehead atoms. The van der Waals surface area contributed by atoms with Crippen LogP contribution in [0.3, 0.4) is 0 Å². The molecule has 0 aliphatic carbocycles. The van der Waals surface area contributed by atoms with Gasteiger partial charge in [0.05, 0.1) is 18.0 Å². The van der Waals surface area contributed by atoms with E-state index in [0.717, 1.165) is 5.39 Å². The molecule has 0 spiro atoms. The van der Waals surface area contributed by atoms with Crippen LogP contribution >= 0.6 is 12.2 Å². The van der Waals surface area contributed by atoms with E-state index < -0.39 is 15.9 Å². The third kappa shape index (κ3) is 4.55. The van der Waals surface area contributed by atoms with Crippen LogP contribution in [0.15, 0.2) is 54.1 Å². The van der Waals surface area contributed by atoms with Crippen molar-refractivity contribution in [3.63, 3.8) is 0 Å². The lowest BCUT2D eigenvalue weighted by Gasteiger charge is -2.32. The van der Waals surface area contributed by atoms with Gasteiger partial charge in [0.25, 0.3) is 0 Å². The number of nitrogens with two attached hydrogens (primary N) is 1. The van der Waals surface area contributed by atoms with Crippen molar-refractivity contribution in [2.45, 2.75) is 17.7 Å². The van der Waals surface area contributed by atoms with Crippen LogP contribution in [-0.4, -0.2) is 53.4 Å². The highest BCUT2D eigenvalue weighted by molar-refractivity contribution is 7.89. The van der Waals surface area contributed by atoms with Crippen LogP contribution in [0, 0.1) is 5.92 Å². The van der Waals surface area contributed by atoms with Gasteiger partial charge in [0, 0.05) is 24.7 Å². The van der Waals surface area contributed by atoms with Gasteiger partial charge in [-0.1, -0.05) is 24.3 Å². The minimum absolute atomic E-state index is 0.0142. The molecule has 0 saturated carbocycles. The summed E-state index contributed by atoms with van der Waals surface area (Å²) in [7, 11) is -3.80. The number of sulfonamides is 1. The number of piperidine rings is 1. The quantitative estimate of drug-likeness (QED) is 0.417. The lowest BCUT2D eigenvalue weighted by Crippen LogP contribution is -2.53. The van der Waals surface area contributed by atoms with Gasteiger partial charge in [-0.05, 0) is 37.2 Å². The number of benzene rings is 1. The summed E-state index contributed by atoms with van der Waals surface area (Å²) in [5.41, 5.74) is 8.68. The molecule has 1 amide bonds. The average Bonchev–Trinajstić information content (AvgIpc) is 2.73. The first-order valence-electron chi connectivity index (χ1n) is 9.17. The van der Waals surface area contributed by atoms with Crippen LogP contribution in [0.5, 0.6) is 0 Å². The number of hydrazine groups is 1. The van der Waals surface area contributed by atoms with Crippen molar-refractivity contribution in [3.05, 3.63) is 49.2 Å². The molecule has 1 atom stereocenters. The number of fused-ring (bicyclic) bond motifs is 1. The van der Waals surface area contributed by atoms with Gasteiger partial charge in [-0.3, -0.25) is 20.2 Å². The first-order valence-corrected chi connectivity index (χ1v) is 11.0. The van der Waals surface area contributed by atoms with E-state index in [0.29, 0.717) is 24.9 Å². The summed E-state index contributed by atoms with van der Waals surface area (Å²) in [6, 6.07) is 8.64. The first-order chi connectivity index (χ1) is 13.8. The summed E-state index contributed by atoms with van der Waals surface area (Å²) in [6.07, 6.45) is 4.28. The summed E-state index contributed by atoms with van der Waals surface area (Å²) in [5, 5.41) is 2.07. The predicted molar refractivity (Wildman–Crippen MR) is 115 cm³/mol. The van der Waals surface area contributed by atoms with Crippen LogP contribution in [0.25, 0.3) is 10.9 Å². The third-order valence-corrected chi connectivity index (χ3v) is 6.91. The van der Waals surface area contributed by atoms with Gasteiger partial charge in [0.15, 0.2) is 5.11 Å². The van der Waals surface area contributed by atoms with E-state index >= 15 is 0 Å². The van der Waals surface area contributed by atoms with Crippen LogP contribution in [0.2, 0.25) is 0 Å². The highest BCUT2D eigenvalue weighted by Crippen LogP contribution is 2.28. The number of aromatic nitrogens is 1. The molecule has 154 valence electrons. The Morgan fingerprint density at radius 3 is 2.90 bits per heavy atom. The molecule has 0 radical (unpaired) electrons. The van der Waals surface area contributed by atoms with E-state index in [4.69, 9.17) is 18.0 Å². The number of amides is 1. The van der Waals surface area contributed by atoms with Crippen molar-refractivity contribution in [3.8, 4) is 0 Å². The molecule has 2 aromatic rings. The maximum absolute atomic E-state index is 13.3. The molecule has 2 heterocycles. The monoisotopic (exact) mass is 433 g/mol. The third-order valence-electron chi connectivity index (χ3n) is 4.79. The van der Waals surface area contributed by atoms with Gasteiger partial charge in [-0.15, -0.1) is 6.58 Å². The standard InChI is InChI=1S/C19H23N5O3S2/c1-2-11-24(19(20)28)22-18(25)15-8-5-12-23(13-15)29(26,27)16-9-3-6-14-7-4-10-21-17(14)16/h2-4,6-7,9-10,15H,1,5,8,11-13H2,(H2,20,28)(H,22,25). The summed E-state index contributed by atoms with van der Waals surface area (Å²) < 4.78 is 27.9. The van der Waals surface area contributed by atoms with Crippen molar-refractivity contribution in [1.29, 1.82) is 0 Å². The summed E-state index contributed by atoms with van der Waals surface area (Å²) in [4.78, 5) is 17.1. The molecule has 3 rings (SSSR count). The molecule has 1 aromatic heterocycles. The number of hydrogen-bond acceptors (Lipinski definition) is 5. The maximum atomic E-state index is 13.3. The van der Waals surface area contributed by atoms with Gasteiger partial charge in [0.1, 0.15) is 4.90 Å². The van der Waals surface area contributed by atoms with Gasteiger partial charge >= 0.3 is 0 Å². The van der Waals surface area contributed by atoms with Gasteiger partial charge < -0.3 is 5.73 Å². The number of hydrogen-bond donors (Lipinski definition) is 2. The average molecular weight is 434 g/mol. The van der Waals surface area contributed by atoms with Crippen molar-refractivity contribution in [1.82, 2.24) is 19.7 Å². The minimum atomic E-state index is -3.80. The number of para-hydroxylation sites is 1. The molecule has 1 aliphatic heterocycles. The number of carbonyl (C=O) groups is 1. The fourth-order valence-electron chi connectivity index (χ4n) is 3.34. The Morgan fingerprint density at radius 1 is 1.41 bits per heavy atom. The molecular formula is C19H23N5O3S2. The summed E-state index contributed by atoms with van der Waals surface area (Å²) in [6.45, 7) is 4.29. The number of carbonyl (C=O) groups excluding carboxylic acids is 1. The zero-order valence-corrected chi connectivity index (χ0v) is 17.5. The highest BCUT2D eigenvalue weighted by atomic mass is 32.2. The highest BCUT2D eigenvalue weighted by Gasteiger charge is 2.34. The second-order valence-electron chi connectivity index (χ2n) is 6.75. The predicted octanol–water partition coefficient (Wildman–Crippen LogP) is 1.40. The zero-order valence-electron chi connectivity index (χ0n) is 15.8. The van der Waals surface area contributed by atoms with Crippen LogP contribution < -0.4 is 11.2 Å². The van der Waals surface area contributed by atoms with Crippen LogP contribution in [0.1, 0.15) is 12.8 Å². The van der Waals surface area contributed by atoms with Gasteiger partial charge in [-0.2, -0.15) is 4.31 Å². The van der Waals surface area contributed by atoms with Crippen LogP contribution in [0.4, 0.5) is 0 Å². The summed E-state index contributed by atoms with van der Waals surface area (Å²) in [5.74, 6) is -0.835.